The Morgan fingerprint density at radius 3 is 2.16 bits per heavy atom. The molecule has 1 heterocycles. The number of likely N-dealkylation sites (N-methyl/N-ethyl adjacent to an activating group) is 2. The van der Waals surface area contributed by atoms with E-state index in [4.69, 9.17) is 0 Å². The zero-order chi connectivity index (χ0) is 14.3. The third kappa shape index (κ3) is 3.51. The zero-order valence-electron chi connectivity index (χ0n) is 13.0. The summed E-state index contributed by atoms with van der Waals surface area (Å²) in [4.78, 5) is 10.9. The first kappa shape index (κ1) is 16.1. The third-order valence-electron chi connectivity index (χ3n) is 4.15. The summed E-state index contributed by atoms with van der Waals surface area (Å²) in [7, 11) is 0. The van der Waals surface area contributed by atoms with Crippen LogP contribution >= 0.6 is 0 Å². The van der Waals surface area contributed by atoms with Crippen LogP contribution in [0.15, 0.2) is 18.7 Å². The lowest BCUT2D eigenvalue weighted by atomic mass is 9.83. The quantitative estimate of drug-likeness (QED) is 0.783. The van der Waals surface area contributed by atoms with Gasteiger partial charge in [-0.2, -0.15) is 0 Å². The maximum absolute atomic E-state index is 4.18. The van der Waals surface area contributed by atoms with E-state index in [0.717, 1.165) is 26.1 Å². The van der Waals surface area contributed by atoms with Crippen molar-refractivity contribution < 1.29 is 0 Å². The van der Waals surface area contributed by atoms with Crippen molar-refractivity contribution in [2.45, 2.75) is 52.6 Å². The van der Waals surface area contributed by atoms with E-state index in [1.165, 1.54) is 5.56 Å². The second-order valence-electron chi connectivity index (χ2n) is 5.05. The van der Waals surface area contributed by atoms with E-state index in [1.54, 1.807) is 6.33 Å². The van der Waals surface area contributed by atoms with Gasteiger partial charge in [0, 0.05) is 23.5 Å². The molecule has 1 aromatic heterocycles. The molecule has 0 saturated carbocycles. The molecule has 2 unspecified atom stereocenters. The van der Waals surface area contributed by atoms with E-state index in [2.05, 4.69) is 54.8 Å². The van der Waals surface area contributed by atoms with Crippen LogP contribution in [0.25, 0.3) is 0 Å². The van der Waals surface area contributed by atoms with Gasteiger partial charge in [0.25, 0.3) is 0 Å². The number of nitrogens with one attached hydrogen (secondary N) is 1. The minimum absolute atomic E-state index is 0.0736. The van der Waals surface area contributed by atoms with Gasteiger partial charge in [-0.3, -0.25) is 4.90 Å². The summed E-state index contributed by atoms with van der Waals surface area (Å²) in [6, 6.07) is 0.253. The topological polar surface area (TPSA) is 41.1 Å². The molecule has 1 aromatic rings. The van der Waals surface area contributed by atoms with Crippen molar-refractivity contribution in [1.29, 1.82) is 0 Å². The first-order chi connectivity index (χ1) is 9.13. The highest BCUT2D eigenvalue weighted by atomic mass is 15.2. The maximum Gasteiger partial charge on any atom is 0.115 e. The lowest BCUT2D eigenvalue weighted by Crippen LogP contribution is -2.54. The minimum Gasteiger partial charge on any atom is -0.309 e. The van der Waals surface area contributed by atoms with Crippen molar-refractivity contribution in [1.82, 2.24) is 20.2 Å². The molecule has 0 bridgehead atoms. The molecule has 108 valence electrons. The molecule has 1 N–H and O–H groups in total. The normalized spacial score (nSPS) is 16.3. The minimum atomic E-state index is 0.0736. The number of hydrogen-bond acceptors (Lipinski definition) is 4. The summed E-state index contributed by atoms with van der Waals surface area (Å²) < 4.78 is 0. The van der Waals surface area contributed by atoms with Gasteiger partial charge in [0.15, 0.2) is 0 Å². The molecule has 0 aliphatic heterocycles. The van der Waals surface area contributed by atoms with Crippen molar-refractivity contribution in [3.63, 3.8) is 0 Å². The molecular weight excluding hydrogens is 236 g/mol. The van der Waals surface area contributed by atoms with E-state index in [9.17, 15) is 0 Å². The lowest BCUT2D eigenvalue weighted by Gasteiger charge is -2.46. The Morgan fingerprint density at radius 1 is 1.16 bits per heavy atom. The second kappa shape index (κ2) is 7.56. The van der Waals surface area contributed by atoms with Gasteiger partial charge in [0.2, 0.25) is 0 Å². The molecule has 0 aliphatic rings. The summed E-state index contributed by atoms with van der Waals surface area (Å²) in [5, 5.41) is 3.62. The first-order valence-electron chi connectivity index (χ1n) is 7.37. The number of nitrogens with zero attached hydrogens (tertiary/aromatic N) is 3. The summed E-state index contributed by atoms with van der Waals surface area (Å²) >= 11 is 0. The molecule has 0 amide bonds. The first-order valence-corrected chi connectivity index (χ1v) is 7.37. The molecule has 0 aliphatic carbocycles. The smallest absolute Gasteiger partial charge is 0.115 e. The van der Waals surface area contributed by atoms with Gasteiger partial charge in [-0.15, -0.1) is 0 Å². The number of hydrogen-bond donors (Lipinski definition) is 1. The monoisotopic (exact) mass is 264 g/mol. The summed E-state index contributed by atoms with van der Waals surface area (Å²) in [6.45, 7) is 14.2. The number of rotatable bonds is 8. The molecule has 2 atom stereocenters. The molecule has 1 rings (SSSR count). The Morgan fingerprint density at radius 2 is 1.74 bits per heavy atom. The van der Waals surface area contributed by atoms with E-state index in [-0.39, 0.29) is 11.6 Å². The van der Waals surface area contributed by atoms with Gasteiger partial charge < -0.3 is 5.32 Å². The number of aromatic nitrogens is 2. The van der Waals surface area contributed by atoms with Crippen molar-refractivity contribution in [3.8, 4) is 0 Å². The Balaban J connectivity index is 3.14. The van der Waals surface area contributed by atoms with E-state index in [0.29, 0.717) is 0 Å². The largest absolute Gasteiger partial charge is 0.309 e. The highest BCUT2D eigenvalue weighted by molar-refractivity contribution is 5.16. The SMILES string of the molecule is CCNC(c1cncnc1)C(C)(CC)N(CC)CC. The standard InChI is InChI=1S/C15H28N4/c1-6-15(5,19(8-3)9-4)14(18-7-2)13-10-16-12-17-11-13/h10-12,14,18H,6-9H2,1-5H3. The average molecular weight is 264 g/mol. The molecule has 4 nitrogen and oxygen atoms in total. The fraction of sp³-hybridized carbons (Fsp3) is 0.733. The van der Waals surface area contributed by atoms with E-state index in [1.807, 2.05) is 12.4 Å². The predicted octanol–water partition coefficient (Wildman–Crippen LogP) is 2.64. The average Bonchev–Trinajstić information content (AvgIpc) is 2.46. The Hall–Kier alpha value is -1.00. The predicted molar refractivity (Wildman–Crippen MR) is 80.1 cm³/mol. The van der Waals surface area contributed by atoms with Crippen LogP contribution in [0.3, 0.4) is 0 Å². The highest BCUT2D eigenvalue weighted by Gasteiger charge is 2.37. The fourth-order valence-corrected chi connectivity index (χ4v) is 2.92. The second-order valence-corrected chi connectivity index (χ2v) is 5.05. The molecule has 4 heteroatoms. The maximum atomic E-state index is 4.18. The van der Waals surface area contributed by atoms with Crippen LogP contribution < -0.4 is 5.32 Å². The summed E-state index contributed by atoms with van der Waals surface area (Å²) in [6.07, 6.45) is 6.53. The van der Waals surface area contributed by atoms with Crippen LogP contribution in [-0.4, -0.2) is 40.0 Å². The van der Waals surface area contributed by atoms with Crippen molar-refractivity contribution >= 4 is 0 Å². The summed E-state index contributed by atoms with van der Waals surface area (Å²) in [5.41, 5.74) is 1.24. The van der Waals surface area contributed by atoms with Gasteiger partial charge in [0.05, 0.1) is 6.04 Å². The van der Waals surface area contributed by atoms with Crippen LogP contribution in [0.4, 0.5) is 0 Å². The molecule has 0 radical (unpaired) electrons. The van der Waals surface area contributed by atoms with Crippen LogP contribution in [0.1, 0.15) is 52.6 Å². The molecule has 0 spiro atoms. The van der Waals surface area contributed by atoms with Crippen LogP contribution in [-0.2, 0) is 0 Å². The zero-order valence-corrected chi connectivity index (χ0v) is 13.0. The Kier molecular flexibility index (Phi) is 6.38. The summed E-state index contributed by atoms with van der Waals surface area (Å²) in [5.74, 6) is 0. The van der Waals surface area contributed by atoms with Crippen LogP contribution in [0.5, 0.6) is 0 Å². The molecule has 0 aromatic carbocycles. The van der Waals surface area contributed by atoms with Gasteiger partial charge in [-0.1, -0.05) is 27.7 Å². The van der Waals surface area contributed by atoms with Crippen molar-refractivity contribution in [3.05, 3.63) is 24.3 Å². The lowest BCUT2D eigenvalue weighted by molar-refractivity contribution is 0.0702. The molecule has 0 fully saturated rings. The Labute approximate surface area is 117 Å². The van der Waals surface area contributed by atoms with Gasteiger partial charge in [-0.05, 0) is 33.0 Å². The fourth-order valence-electron chi connectivity index (χ4n) is 2.92. The highest BCUT2D eigenvalue weighted by Crippen LogP contribution is 2.33. The molecular formula is C15H28N4. The Bertz CT molecular complexity index is 350. The van der Waals surface area contributed by atoms with Gasteiger partial charge in [0.1, 0.15) is 6.33 Å². The van der Waals surface area contributed by atoms with Gasteiger partial charge in [-0.25, -0.2) is 9.97 Å². The van der Waals surface area contributed by atoms with E-state index < -0.39 is 0 Å². The molecule has 0 saturated heterocycles. The third-order valence-corrected chi connectivity index (χ3v) is 4.15. The van der Waals surface area contributed by atoms with E-state index >= 15 is 0 Å². The van der Waals surface area contributed by atoms with Crippen molar-refractivity contribution in [2.75, 3.05) is 19.6 Å². The van der Waals surface area contributed by atoms with Crippen LogP contribution in [0, 0.1) is 0 Å². The molecule has 19 heavy (non-hydrogen) atoms. The van der Waals surface area contributed by atoms with Crippen molar-refractivity contribution in [2.24, 2.45) is 0 Å². The van der Waals surface area contributed by atoms with Gasteiger partial charge >= 0.3 is 0 Å². The van der Waals surface area contributed by atoms with Crippen LogP contribution in [0.2, 0.25) is 0 Å².